The number of aromatic nitrogens is 4. The number of nitrogens with two attached hydrogens (primary N) is 2. The van der Waals surface area contributed by atoms with Crippen LogP contribution in [0.4, 0.5) is 0 Å². The van der Waals surface area contributed by atoms with Gasteiger partial charge in [-0.25, -0.2) is 27.1 Å². The molecule has 0 amide bonds. The predicted octanol–water partition coefficient (Wildman–Crippen LogP) is -2.17. The molecule has 14 heteroatoms. The number of nitrogens with zero attached hydrogens (tertiary/aromatic N) is 4. The van der Waals surface area contributed by atoms with Gasteiger partial charge in [0.05, 0.1) is 12.3 Å². The average molecular weight is 394 g/mol. The van der Waals surface area contributed by atoms with E-state index < -0.39 is 20.0 Å². The Bertz CT molecular complexity index is 988. The zero-order valence-corrected chi connectivity index (χ0v) is 15.2. The van der Waals surface area contributed by atoms with Crippen LogP contribution in [0.25, 0.3) is 0 Å². The summed E-state index contributed by atoms with van der Waals surface area (Å²) in [6.45, 7) is 1.06. The molecule has 0 bridgehead atoms. The van der Waals surface area contributed by atoms with Crippen molar-refractivity contribution >= 4 is 25.8 Å². The van der Waals surface area contributed by atoms with Gasteiger partial charge in [-0.3, -0.25) is 14.2 Å². The summed E-state index contributed by atoms with van der Waals surface area (Å²) in [4.78, 5) is 10.9. The Morgan fingerprint density at radius 1 is 1.04 bits per heavy atom. The van der Waals surface area contributed by atoms with E-state index in [2.05, 4.69) is 10.2 Å². The number of primary sulfonamides is 2. The van der Waals surface area contributed by atoms with Gasteiger partial charge in [-0.15, -0.1) is 0 Å². The maximum absolute atomic E-state index is 10.9. The third-order valence-electron chi connectivity index (χ3n) is 2.92. The lowest BCUT2D eigenvalue weighted by atomic mass is 10.3. The highest BCUT2D eigenvalue weighted by Crippen LogP contribution is 2.08. The van der Waals surface area contributed by atoms with E-state index in [9.17, 15) is 21.6 Å². The van der Waals surface area contributed by atoms with Crippen molar-refractivity contribution in [2.75, 3.05) is 0 Å². The Kier molecular flexibility index (Phi) is 6.19. The van der Waals surface area contributed by atoms with E-state index in [1.54, 1.807) is 0 Å². The van der Waals surface area contributed by atoms with Gasteiger partial charge in [-0.05, 0) is 0 Å². The third-order valence-corrected chi connectivity index (χ3v) is 4.48. The highest BCUT2D eigenvalue weighted by molar-refractivity contribution is 7.89. The number of hydrogen-bond donors (Lipinski definition) is 3. The Balaban J connectivity index is 0.000000251. The van der Waals surface area contributed by atoms with Gasteiger partial charge >= 0.3 is 0 Å². The maximum Gasteiger partial charge on any atom is 0.257 e. The van der Waals surface area contributed by atoms with Gasteiger partial charge in [0.25, 0.3) is 20.0 Å². The molecule has 0 aromatic carbocycles. The molecule has 0 aliphatic heterocycles. The molecule has 0 fully saturated rings. The van der Waals surface area contributed by atoms with Crippen molar-refractivity contribution in [2.24, 2.45) is 24.4 Å². The Morgan fingerprint density at radius 3 is 1.72 bits per heavy atom. The molecular formula is C11H18N6O6S2. The first-order valence-corrected chi connectivity index (χ1v) is 9.61. The summed E-state index contributed by atoms with van der Waals surface area (Å²) in [5, 5.41) is 25.0. The zero-order chi connectivity index (χ0) is 19.6. The summed E-state index contributed by atoms with van der Waals surface area (Å²) in [5.41, 5.74) is 0.614. The summed E-state index contributed by atoms with van der Waals surface area (Å²) in [6, 6.07) is 2.38. The quantitative estimate of drug-likeness (QED) is 0.487. The molecule has 0 spiro atoms. The van der Waals surface area contributed by atoms with E-state index in [4.69, 9.17) is 15.4 Å². The number of carbonyl (C=O) groups excluding carboxylic acids is 1. The van der Waals surface area contributed by atoms with E-state index in [1.807, 2.05) is 0 Å². The van der Waals surface area contributed by atoms with Crippen LogP contribution in [-0.4, -0.2) is 47.3 Å². The Hall–Kier alpha value is -2.13. The number of aliphatic hydroxyl groups is 1. The SMILES string of the molecule is CC(=O)c1cc(S(N)(=O)=O)nn1C.Cn1nc(S(N)(=O)=O)cc1CO. The molecule has 0 aliphatic carbocycles. The number of carbonyl (C=O) groups is 1. The number of aliphatic hydroxyl groups excluding tert-OH is 1. The minimum Gasteiger partial charge on any atom is -0.390 e. The molecular weight excluding hydrogens is 376 g/mol. The highest BCUT2D eigenvalue weighted by Gasteiger charge is 2.16. The molecule has 0 radical (unpaired) electrons. The summed E-state index contributed by atoms with van der Waals surface area (Å²) in [7, 11) is -4.57. The number of sulfonamides is 2. The molecule has 12 nitrogen and oxygen atoms in total. The molecule has 25 heavy (non-hydrogen) atoms. The van der Waals surface area contributed by atoms with Crippen LogP contribution in [-0.2, 0) is 40.7 Å². The molecule has 5 N–H and O–H groups in total. The lowest BCUT2D eigenvalue weighted by Gasteiger charge is -1.92. The van der Waals surface area contributed by atoms with E-state index in [0.29, 0.717) is 5.69 Å². The summed E-state index contributed by atoms with van der Waals surface area (Å²) in [5.74, 6) is -0.259. The van der Waals surface area contributed by atoms with Crippen LogP contribution in [0.15, 0.2) is 22.2 Å². The molecule has 0 unspecified atom stereocenters. The van der Waals surface area contributed by atoms with Crippen molar-refractivity contribution in [1.29, 1.82) is 0 Å². The first-order chi connectivity index (χ1) is 11.3. The second-order valence-electron chi connectivity index (χ2n) is 4.89. The fourth-order valence-electron chi connectivity index (χ4n) is 1.67. The fraction of sp³-hybridized carbons (Fsp3) is 0.364. The molecule has 0 atom stereocenters. The number of rotatable bonds is 4. The van der Waals surface area contributed by atoms with Gasteiger partial charge in [-0.1, -0.05) is 0 Å². The fourth-order valence-corrected chi connectivity index (χ4v) is 2.72. The van der Waals surface area contributed by atoms with Crippen LogP contribution < -0.4 is 10.3 Å². The van der Waals surface area contributed by atoms with Gasteiger partial charge < -0.3 is 5.11 Å². The van der Waals surface area contributed by atoms with Crippen molar-refractivity contribution < 1.29 is 26.7 Å². The van der Waals surface area contributed by atoms with Crippen LogP contribution in [0.1, 0.15) is 23.1 Å². The van der Waals surface area contributed by atoms with Crippen molar-refractivity contribution in [2.45, 2.75) is 23.6 Å². The van der Waals surface area contributed by atoms with Crippen molar-refractivity contribution in [3.63, 3.8) is 0 Å². The number of Topliss-reactive ketones (excluding diaryl/α,β-unsaturated/α-hetero) is 1. The predicted molar refractivity (Wildman–Crippen MR) is 85.1 cm³/mol. The topological polar surface area (TPSA) is 193 Å². The molecule has 2 rings (SSSR count). The van der Waals surface area contributed by atoms with E-state index in [1.165, 1.54) is 36.4 Å². The number of ketones is 1. The number of aryl methyl sites for hydroxylation is 2. The molecule has 2 aromatic heterocycles. The Labute approximate surface area is 144 Å². The normalized spacial score (nSPS) is 11.8. The zero-order valence-electron chi connectivity index (χ0n) is 13.6. The second kappa shape index (κ2) is 7.40. The third kappa shape index (κ3) is 5.43. The standard InChI is InChI=1S/C6H9N3O3S.C5H9N3O3S/c1-4(10)5-3-6(8-9(5)2)13(7,11)12;1-8-4(3-9)2-5(7-8)12(6,10)11/h3H,1-2H3,(H2,7,11,12);2,9H,3H2,1H3,(H2,6,10,11). The number of hydrogen-bond acceptors (Lipinski definition) is 8. The molecule has 0 saturated heterocycles. The van der Waals surface area contributed by atoms with Crippen LogP contribution in [0.2, 0.25) is 0 Å². The monoisotopic (exact) mass is 394 g/mol. The van der Waals surface area contributed by atoms with Crippen LogP contribution in [0.5, 0.6) is 0 Å². The maximum atomic E-state index is 10.9. The van der Waals surface area contributed by atoms with Crippen LogP contribution in [0, 0.1) is 0 Å². The van der Waals surface area contributed by atoms with Gasteiger partial charge in [0.1, 0.15) is 5.69 Å². The molecule has 0 saturated carbocycles. The lowest BCUT2D eigenvalue weighted by molar-refractivity contribution is 0.100. The average Bonchev–Trinajstić information content (AvgIpc) is 3.01. The van der Waals surface area contributed by atoms with Crippen LogP contribution >= 0.6 is 0 Å². The van der Waals surface area contributed by atoms with Crippen molar-refractivity contribution in [3.8, 4) is 0 Å². The largest absolute Gasteiger partial charge is 0.390 e. The smallest absolute Gasteiger partial charge is 0.257 e. The van der Waals surface area contributed by atoms with E-state index in [0.717, 1.165) is 6.07 Å². The minimum absolute atomic E-state index is 0.212. The lowest BCUT2D eigenvalue weighted by Crippen LogP contribution is -2.13. The minimum atomic E-state index is -3.82. The highest BCUT2D eigenvalue weighted by atomic mass is 32.2. The second-order valence-corrected chi connectivity index (χ2v) is 7.91. The first kappa shape index (κ1) is 20.9. The van der Waals surface area contributed by atoms with Gasteiger partial charge in [0, 0.05) is 33.2 Å². The molecule has 2 aromatic rings. The molecule has 2 heterocycles. The molecule has 140 valence electrons. The van der Waals surface area contributed by atoms with Crippen LogP contribution in [0.3, 0.4) is 0 Å². The van der Waals surface area contributed by atoms with Gasteiger partial charge in [0.15, 0.2) is 15.8 Å². The van der Waals surface area contributed by atoms with Gasteiger partial charge in [0.2, 0.25) is 0 Å². The van der Waals surface area contributed by atoms with Gasteiger partial charge in [-0.2, -0.15) is 10.2 Å². The first-order valence-electron chi connectivity index (χ1n) is 6.51. The van der Waals surface area contributed by atoms with E-state index >= 15 is 0 Å². The molecule has 0 aliphatic rings. The van der Waals surface area contributed by atoms with Crippen molar-refractivity contribution in [1.82, 2.24) is 19.6 Å². The summed E-state index contributed by atoms with van der Waals surface area (Å²) in [6.07, 6.45) is 0. The summed E-state index contributed by atoms with van der Waals surface area (Å²) < 4.78 is 45.5. The summed E-state index contributed by atoms with van der Waals surface area (Å²) >= 11 is 0. The Morgan fingerprint density at radius 2 is 1.48 bits per heavy atom. The van der Waals surface area contributed by atoms with Crippen molar-refractivity contribution in [3.05, 3.63) is 23.5 Å². The van der Waals surface area contributed by atoms with E-state index in [-0.39, 0.29) is 28.1 Å².